The van der Waals surface area contributed by atoms with E-state index in [1.54, 1.807) is 19.2 Å². The van der Waals surface area contributed by atoms with E-state index in [0.717, 1.165) is 16.7 Å². The number of benzene rings is 2. The van der Waals surface area contributed by atoms with E-state index in [4.69, 9.17) is 4.74 Å². The van der Waals surface area contributed by atoms with Gasteiger partial charge in [0.25, 0.3) is 0 Å². The predicted octanol–water partition coefficient (Wildman–Crippen LogP) is 2.75. The first-order valence-corrected chi connectivity index (χ1v) is 7.75. The third kappa shape index (κ3) is 4.67. The van der Waals surface area contributed by atoms with E-state index < -0.39 is 11.8 Å². The van der Waals surface area contributed by atoms with E-state index in [1.165, 1.54) is 0 Å². The van der Waals surface area contributed by atoms with Gasteiger partial charge in [0.15, 0.2) is 0 Å². The monoisotopic (exact) mass is 326 g/mol. The van der Waals surface area contributed by atoms with Crippen molar-refractivity contribution in [1.29, 1.82) is 0 Å². The Morgan fingerprint density at radius 2 is 1.67 bits per heavy atom. The fourth-order valence-corrected chi connectivity index (χ4v) is 2.36. The van der Waals surface area contributed by atoms with Crippen LogP contribution in [0.2, 0.25) is 0 Å². The Morgan fingerprint density at radius 1 is 1.00 bits per heavy atom. The molecule has 0 aliphatic heterocycles. The zero-order valence-corrected chi connectivity index (χ0v) is 14.1. The third-order valence-electron chi connectivity index (χ3n) is 3.78. The largest absolute Gasteiger partial charge is 0.375 e. The number of hydrogen-bond acceptors (Lipinski definition) is 3. The van der Waals surface area contributed by atoms with Crippen LogP contribution in [0.15, 0.2) is 48.5 Å². The molecule has 5 nitrogen and oxygen atoms in total. The number of aryl methyl sites for hydroxylation is 2. The fourth-order valence-electron chi connectivity index (χ4n) is 2.36. The summed E-state index contributed by atoms with van der Waals surface area (Å²) in [5.41, 5.74) is 3.73. The normalized spacial score (nSPS) is 11.6. The zero-order valence-electron chi connectivity index (χ0n) is 14.1. The molecule has 0 aliphatic rings. The quantitative estimate of drug-likeness (QED) is 0.830. The topological polar surface area (TPSA) is 67.4 Å². The highest BCUT2D eigenvalue weighted by molar-refractivity contribution is 6.39. The van der Waals surface area contributed by atoms with Gasteiger partial charge in [0, 0.05) is 19.3 Å². The number of ether oxygens (including phenoxy) is 1. The van der Waals surface area contributed by atoms with Crippen molar-refractivity contribution in [3.63, 3.8) is 0 Å². The van der Waals surface area contributed by atoms with Gasteiger partial charge in [-0.2, -0.15) is 0 Å². The van der Waals surface area contributed by atoms with E-state index in [-0.39, 0.29) is 12.6 Å². The Bertz CT molecular complexity index is 711. The summed E-state index contributed by atoms with van der Waals surface area (Å²) in [7, 11) is 1.58. The molecule has 0 spiro atoms. The van der Waals surface area contributed by atoms with Crippen LogP contribution in [0.1, 0.15) is 22.8 Å². The minimum Gasteiger partial charge on any atom is -0.375 e. The number of methoxy groups -OCH3 is 1. The van der Waals surface area contributed by atoms with Crippen molar-refractivity contribution < 1.29 is 14.3 Å². The van der Waals surface area contributed by atoms with Crippen LogP contribution < -0.4 is 10.6 Å². The lowest BCUT2D eigenvalue weighted by atomic mass is 10.0. The molecule has 2 N–H and O–H groups in total. The highest BCUT2D eigenvalue weighted by atomic mass is 16.5. The molecule has 0 heterocycles. The molecule has 1 unspecified atom stereocenters. The summed E-state index contributed by atoms with van der Waals surface area (Å²) in [6.45, 7) is 4.16. The first kappa shape index (κ1) is 17.7. The molecule has 2 aromatic carbocycles. The maximum Gasteiger partial charge on any atom is 0.313 e. The molecular weight excluding hydrogens is 304 g/mol. The average molecular weight is 326 g/mol. The maximum absolute atomic E-state index is 12.0. The predicted molar refractivity (Wildman–Crippen MR) is 93.7 cm³/mol. The summed E-state index contributed by atoms with van der Waals surface area (Å²) in [5, 5.41) is 5.18. The first-order chi connectivity index (χ1) is 11.5. The van der Waals surface area contributed by atoms with E-state index in [1.807, 2.05) is 50.2 Å². The van der Waals surface area contributed by atoms with Crippen molar-refractivity contribution in [2.45, 2.75) is 20.0 Å². The van der Waals surface area contributed by atoms with Crippen molar-refractivity contribution in [2.24, 2.45) is 0 Å². The van der Waals surface area contributed by atoms with Crippen molar-refractivity contribution >= 4 is 17.5 Å². The number of rotatable bonds is 5. The Balaban J connectivity index is 1.92. The third-order valence-corrected chi connectivity index (χ3v) is 3.78. The lowest BCUT2D eigenvalue weighted by Crippen LogP contribution is -2.38. The van der Waals surface area contributed by atoms with E-state index in [2.05, 4.69) is 10.6 Å². The SMILES string of the molecule is COC(CNC(=O)C(=O)Nc1ccc(C)cc1)c1ccccc1C. The number of carbonyl (C=O) groups is 2. The van der Waals surface area contributed by atoms with E-state index in [9.17, 15) is 9.59 Å². The molecule has 0 fully saturated rings. The molecule has 0 bridgehead atoms. The highest BCUT2D eigenvalue weighted by Gasteiger charge is 2.18. The zero-order chi connectivity index (χ0) is 17.5. The minimum absolute atomic E-state index is 0.224. The molecule has 2 rings (SSSR count). The molecule has 24 heavy (non-hydrogen) atoms. The van der Waals surface area contributed by atoms with E-state index >= 15 is 0 Å². The van der Waals surface area contributed by atoms with Crippen molar-refractivity contribution in [2.75, 3.05) is 19.0 Å². The second-order valence-electron chi connectivity index (χ2n) is 5.61. The number of amides is 2. The van der Waals surface area contributed by atoms with E-state index in [0.29, 0.717) is 5.69 Å². The van der Waals surface area contributed by atoms with Crippen LogP contribution in [-0.4, -0.2) is 25.5 Å². The minimum atomic E-state index is -0.696. The van der Waals surface area contributed by atoms with Crippen LogP contribution in [0.3, 0.4) is 0 Å². The molecular formula is C19H22N2O3. The van der Waals surface area contributed by atoms with Crippen LogP contribution in [0, 0.1) is 13.8 Å². The first-order valence-electron chi connectivity index (χ1n) is 7.75. The molecule has 0 aliphatic carbocycles. The maximum atomic E-state index is 12.0. The standard InChI is InChI=1S/C19H22N2O3/c1-13-8-10-15(11-9-13)21-19(23)18(22)20-12-17(24-3)16-7-5-4-6-14(16)2/h4-11,17H,12H2,1-3H3,(H,20,22)(H,21,23). The fraction of sp³-hybridized carbons (Fsp3) is 0.263. The Kier molecular flexibility index (Phi) is 6.09. The molecule has 1 atom stereocenters. The second-order valence-corrected chi connectivity index (χ2v) is 5.61. The van der Waals surface area contributed by atoms with Crippen LogP contribution >= 0.6 is 0 Å². The summed E-state index contributed by atoms with van der Waals surface area (Å²) in [5.74, 6) is -1.38. The van der Waals surface area contributed by atoms with Crippen molar-refractivity contribution in [3.05, 3.63) is 65.2 Å². The number of hydrogen-bond donors (Lipinski definition) is 2. The van der Waals surface area contributed by atoms with Crippen molar-refractivity contribution in [3.8, 4) is 0 Å². The summed E-state index contributed by atoms with van der Waals surface area (Å²) in [4.78, 5) is 23.9. The molecule has 0 saturated heterocycles. The Morgan fingerprint density at radius 3 is 2.29 bits per heavy atom. The number of nitrogens with one attached hydrogen (secondary N) is 2. The average Bonchev–Trinajstić information content (AvgIpc) is 2.58. The number of carbonyl (C=O) groups excluding carboxylic acids is 2. The summed E-state index contributed by atoms with van der Waals surface area (Å²) < 4.78 is 5.43. The molecule has 0 radical (unpaired) electrons. The molecule has 2 aromatic rings. The van der Waals surface area contributed by atoms with Gasteiger partial charge in [-0.15, -0.1) is 0 Å². The number of anilines is 1. The summed E-state index contributed by atoms with van der Waals surface area (Å²) >= 11 is 0. The molecule has 0 saturated carbocycles. The Labute approximate surface area is 142 Å². The molecule has 5 heteroatoms. The lowest BCUT2D eigenvalue weighted by molar-refractivity contribution is -0.136. The van der Waals surface area contributed by atoms with Gasteiger partial charge >= 0.3 is 11.8 Å². The van der Waals surface area contributed by atoms with Gasteiger partial charge < -0.3 is 15.4 Å². The highest BCUT2D eigenvalue weighted by Crippen LogP contribution is 2.19. The van der Waals surface area contributed by atoms with Crippen LogP contribution in [0.4, 0.5) is 5.69 Å². The van der Waals surface area contributed by atoms with Crippen molar-refractivity contribution in [1.82, 2.24) is 5.32 Å². The van der Waals surface area contributed by atoms with Crippen LogP contribution in [0.5, 0.6) is 0 Å². The molecule has 2 amide bonds. The Hall–Kier alpha value is -2.66. The van der Waals surface area contributed by atoms with Gasteiger partial charge in [-0.05, 0) is 37.1 Å². The van der Waals surface area contributed by atoms with Gasteiger partial charge in [0.2, 0.25) is 0 Å². The summed E-state index contributed by atoms with van der Waals surface area (Å²) in [6.07, 6.45) is -0.303. The van der Waals surface area contributed by atoms with Gasteiger partial charge in [-0.1, -0.05) is 42.0 Å². The van der Waals surface area contributed by atoms with Gasteiger partial charge in [0.05, 0.1) is 6.10 Å². The molecule has 0 aromatic heterocycles. The van der Waals surface area contributed by atoms with Gasteiger partial charge in [-0.25, -0.2) is 0 Å². The van der Waals surface area contributed by atoms with Crippen LogP contribution in [0.25, 0.3) is 0 Å². The van der Waals surface area contributed by atoms with Gasteiger partial charge in [0.1, 0.15) is 0 Å². The second kappa shape index (κ2) is 8.26. The van der Waals surface area contributed by atoms with Gasteiger partial charge in [-0.3, -0.25) is 9.59 Å². The smallest absolute Gasteiger partial charge is 0.313 e. The molecule has 126 valence electrons. The van der Waals surface area contributed by atoms with Crippen LogP contribution in [-0.2, 0) is 14.3 Å². The lowest BCUT2D eigenvalue weighted by Gasteiger charge is -2.18. The summed E-state index contributed by atoms with van der Waals surface area (Å²) in [6, 6.07) is 15.0.